The summed E-state index contributed by atoms with van der Waals surface area (Å²) in [6.07, 6.45) is 0.00713. The summed E-state index contributed by atoms with van der Waals surface area (Å²) in [5.74, 6) is -0.0949. The van der Waals surface area contributed by atoms with Crippen molar-refractivity contribution in [3.8, 4) is 0 Å². The largest absolute Gasteiger partial charge is 0.388 e. The van der Waals surface area contributed by atoms with Crippen molar-refractivity contribution < 1.29 is 9.90 Å². The molecule has 0 radical (unpaired) electrons. The molecule has 1 atom stereocenters. The maximum atomic E-state index is 11.9. The van der Waals surface area contributed by atoms with E-state index in [4.69, 9.17) is 0 Å². The standard InChI is InChI=1S/C14H14INO2S/c15-12-4-2-1-3-11(12)14(18)16-7-5-13(17)10-6-8-19-9-10/h1-4,6,8-9,13,17H,5,7H2,(H,16,18). The maximum Gasteiger partial charge on any atom is 0.252 e. The second-order valence-electron chi connectivity index (χ2n) is 4.10. The summed E-state index contributed by atoms with van der Waals surface area (Å²) in [6, 6.07) is 9.34. The van der Waals surface area contributed by atoms with E-state index in [1.807, 2.05) is 35.0 Å². The number of rotatable bonds is 5. The number of aliphatic hydroxyl groups excluding tert-OH is 1. The van der Waals surface area contributed by atoms with Gasteiger partial charge in [-0.15, -0.1) is 0 Å². The fourth-order valence-corrected chi connectivity index (χ4v) is 3.03. The first kappa shape index (κ1) is 14.5. The maximum absolute atomic E-state index is 11.9. The van der Waals surface area contributed by atoms with Crippen LogP contribution in [-0.2, 0) is 0 Å². The van der Waals surface area contributed by atoms with Gasteiger partial charge in [-0.05, 0) is 63.5 Å². The van der Waals surface area contributed by atoms with Crippen molar-refractivity contribution in [2.75, 3.05) is 6.54 Å². The van der Waals surface area contributed by atoms with Gasteiger partial charge in [-0.25, -0.2) is 0 Å². The lowest BCUT2D eigenvalue weighted by Gasteiger charge is -2.10. The molecule has 0 saturated carbocycles. The predicted octanol–water partition coefficient (Wildman–Crippen LogP) is 3.21. The average molecular weight is 387 g/mol. The van der Waals surface area contributed by atoms with Gasteiger partial charge in [0.05, 0.1) is 11.7 Å². The third kappa shape index (κ3) is 4.02. The fraction of sp³-hybridized carbons (Fsp3) is 0.214. The molecule has 5 heteroatoms. The minimum Gasteiger partial charge on any atom is -0.388 e. The van der Waals surface area contributed by atoms with E-state index in [0.29, 0.717) is 18.5 Å². The monoisotopic (exact) mass is 387 g/mol. The molecule has 1 aromatic carbocycles. The highest BCUT2D eigenvalue weighted by Crippen LogP contribution is 2.18. The third-order valence-corrected chi connectivity index (χ3v) is 4.39. The molecule has 19 heavy (non-hydrogen) atoms. The molecule has 1 aromatic heterocycles. The summed E-state index contributed by atoms with van der Waals surface area (Å²) in [7, 11) is 0. The van der Waals surface area contributed by atoms with Gasteiger partial charge in [-0.1, -0.05) is 12.1 Å². The third-order valence-electron chi connectivity index (χ3n) is 2.75. The first-order valence-electron chi connectivity index (χ1n) is 5.91. The van der Waals surface area contributed by atoms with Gasteiger partial charge in [0.2, 0.25) is 0 Å². The quantitative estimate of drug-likeness (QED) is 0.775. The number of thiophene rings is 1. The molecule has 0 aliphatic rings. The Balaban J connectivity index is 1.83. The zero-order valence-corrected chi connectivity index (χ0v) is 13.1. The van der Waals surface area contributed by atoms with Crippen molar-refractivity contribution in [1.82, 2.24) is 5.32 Å². The van der Waals surface area contributed by atoms with Gasteiger partial charge < -0.3 is 10.4 Å². The van der Waals surface area contributed by atoms with Gasteiger partial charge in [-0.2, -0.15) is 11.3 Å². The number of aliphatic hydroxyl groups is 1. The summed E-state index contributed by atoms with van der Waals surface area (Å²) in [5, 5.41) is 16.6. The Morgan fingerprint density at radius 2 is 2.16 bits per heavy atom. The average Bonchev–Trinajstić information content (AvgIpc) is 2.93. The predicted molar refractivity (Wildman–Crippen MR) is 85.4 cm³/mol. The van der Waals surface area contributed by atoms with E-state index >= 15 is 0 Å². The van der Waals surface area contributed by atoms with E-state index in [9.17, 15) is 9.90 Å². The summed E-state index contributed by atoms with van der Waals surface area (Å²) >= 11 is 3.70. The van der Waals surface area contributed by atoms with Crippen LogP contribution in [0.4, 0.5) is 0 Å². The lowest BCUT2D eigenvalue weighted by Crippen LogP contribution is -2.26. The van der Waals surface area contributed by atoms with E-state index in [1.54, 1.807) is 17.4 Å². The molecule has 1 amide bonds. The van der Waals surface area contributed by atoms with Crippen LogP contribution in [0.5, 0.6) is 0 Å². The van der Waals surface area contributed by atoms with Crippen molar-refractivity contribution >= 4 is 39.8 Å². The van der Waals surface area contributed by atoms with Crippen LogP contribution in [0.2, 0.25) is 0 Å². The van der Waals surface area contributed by atoms with Crippen LogP contribution in [0.15, 0.2) is 41.1 Å². The molecule has 0 aliphatic heterocycles. The zero-order valence-electron chi connectivity index (χ0n) is 10.2. The van der Waals surface area contributed by atoms with Crippen molar-refractivity contribution in [2.45, 2.75) is 12.5 Å². The van der Waals surface area contributed by atoms with Gasteiger partial charge in [0.15, 0.2) is 0 Å². The summed E-state index contributed by atoms with van der Waals surface area (Å²) in [6.45, 7) is 0.459. The van der Waals surface area contributed by atoms with E-state index < -0.39 is 6.10 Å². The van der Waals surface area contributed by atoms with Crippen LogP contribution in [0, 0.1) is 3.57 Å². The summed E-state index contributed by atoms with van der Waals surface area (Å²) in [4.78, 5) is 11.9. The van der Waals surface area contributed by atoms with Crippen LogP contribution >= 0.6 is 33.9 Å². The first-order chi connectivity index (χ1) is 9.18. The molecule has 100 valence electrons. The van der Waals surface area contributed by atoms with E-state index in [0.717, 1.165) is 9.13 Å². The molecule has 2 N–H and O–H groups in total. The Labute approximate surface area is 129 Å². The molecule has 3 nitrogen and oxygen atoms in total. The fourth-order valence-electron chi connectivity index (χ4n) is 1.69. The SMILES string of the molecule is O=C(NCCC(O)c1ccsc1)c1ccccc1I. The number of carbonyl (C=O) groups excluding carboxylic acids is 1. The van der Waals surface area contributed by atoms with Crippen LogP contribution in [0.3, 0.4) is 0 Å². The molecule has 0 spiro atoms. The van der Waals surface area contributed by atoms with Crippen LogP contribution < -0.4 is 5.32 Å². The van der Waals surface area contributed by atoms with Crippen LogP contribution in [0.1, 0.15) is 28.4 Å². The number of halogens is 1. The van der Waals surface area contributed by atoms with Crippen molar-refractivity contribution in [3.05, 3.63) is 55.8 Å². The van der Waals surface area contributed by atoms with Crippen LogP contribution in [-0.4, -0.2) is 17.6 Å². The lowest BCUT2D eigenvalue weighted by molar-refractivity contribution is 0.0942. The molecular weight excluding hydrogens is 373 g/mol. The van der Waals surface area contributed by atoms with Gasteiger partial charge in [0, 0.05) is 10.1 Å². The molecule has 1 unspecified atom stereocenters. The van der Waals surface area contributed by atoms with Crippen molar-refractivity contribution in [1.29, 1.82) is 0 Å². The Kier molecular flexibility index (Phi) is 5.35. The lowest BCUT2D eigenvalue weighted by atomic mass is 10.1. The summed E-state index contributed by atoms with van der Waals surface area (Å²) < 4.78 is 0.927. The zero-order chi connectivity index (χ0) is 13.7. The second kappa shape index (κ2) is 7.02. The number of amides is 1. The molecule has 2 aromatic rings. The number of hydrogen-bond donors (Lipinski definition) is 2. The molecule has 0 aliphatic carbocycles. The Hall–Kier alpha value is -0.920. The highest BCUT2D eigenvalue weighted by atomic mass is 127. The first-order valence-corrected chi connectivity index (χ1v) is 7.93. The molecule has 1 heterocycles. The van der Waals surface area contributed by atoms with Crippen molar-refractivity contribution in [3.63, 3.8) is 0 Å². The highest BCUT2D eigenvalue weighted by Gasteiger charge is 2.11. The summed E-state index contributed by atoms with van der Waals surface area (Å²) in [5.41, 5.74) is 1.58. The van der Waals surface area contributed by atoms with Crippen molar-refractivity contribution in [2.24, 2.45) is 0 Å². The molecule has 0 fully saturated rings. The number of benzene rings is 1. The number of carbonyl (C=O) groups is 1. The Morgan fingerprint density at radius 3 is 2.84 bits per heavy atom. The normalized spacial score (nSPS) is 12.1. The topological polar surface area (TPSA) is 49.3 Å². The van der Waals surface area contributed by atoms with E-state index in [-0.39, 0.29) is 5.91 Å². The van der Waals surface area contributed by atoms with E-state index in [1.165, 1.54) is 0 Å². The molecule has 0 bridgehead atoms. The number of hydrogen-bond acceptors (Lipinski definition) is 3. The van der Waals surface area contributed by atoms with Gasteiger partial charge in [0.1, 0.15) is 0 Å². The van der Waals surface area contributed by atoms with Crippen LogP contribution in [0.25, 0.3) is 0 Å². The van der Waals surface area contributed by atoms with Gasteiger partial charge in [-0.3, -0.25) is 4.79 Å². The molecule has 2 rings (SSSR count). The minimum absolute atomic E-state index is 0.0949. The molecular formula is C14H14INO2S. The van der Waals surface area contributed by atoms with Gasteiger partial charge >= 0.3 is 0 Å². The smallest absolute Gasteiger partial charge is 0.252 e. The van der Waals surface area contributed by atoms with E-state index in [2.05, 4.69) is 27.9 Å². The number of nitrogens with one attached hydrogen (secondary N) is 1. The second-order valence-corrected chi connectivity index (χ2v) is 6.04. The van der Waals surface area contributed by atoms with Gasteiger partial charge in [0.25, 0.3) is 5.91 Å². The minimum atomic E-state index is -0.513. The Bertz CT molecular complexity index is 542. The molecule has 0 saturated heterocycles. The Morgan fingerprint density at radius 1 is 1.37 bits per heavy atom. The highest BCUT2D eigenvalue weighted by molar-refractivity contribution is 14.1.